The fourth-order valence-electron chi connectivity index (χ4n) is 2.76. The fourth-order valence-corrected chi connectivity index (χ4v) is 2.76. The van der Waals surface area contributed by atoms with Crippen LogP contribution in [0.1, 0.15) is 24.2 Å². The number of aliphatic carboxylic acids is 1. The van der Waals surface area contributed by atoms with Crippen molar-refractivity contribution in [3.8, 4) is 11.3 Å². The van der Waals surface area contributed by atoms with Crippen molar-refractivity contribution >= 4 is 18.4 Å². The first-order valence-corrected chi connectivity index (χ1v) is 7.33. The lowest BCUT2D eigenvalue weighted by molar-refractivity contribution is -0.137. The number of fused-ring (bicyclic) bond motifs is 1. The molecule has 0 aliphatic carbocycles. The quantitative estimate of drug-likeness (QED) is 0.914. The summed E-state index contributed by atoms with van der Waals surface area (Å²) >= 11 is 0. The van der Waals surface area contributed by atoms with Gasteiger partial charge in [0.25, 0.3) is 0 Å². The van der Waals surface area contributed by atoms with Crippen molar-refractivity contribution < 1.29 is 14.3 Å². The smallest absolute Gasteiger partial charge is 0.303 e. The van der Waals surface area contributed by atoms with Crippen molar-refractivity contribution in [1.29, 1.82) is 0 Å². The van der Waals surface area contributed by atoms with Crippen molar-refractivity contribution in [3.05, 3.63) is 47.7 Å². The molecule has 2 aromatic rings. The third kappa shape index (κ3) is 3.90. The average Bonchev–Trinajstić information content (AvgIpc) is 2.91. The van der Waals surface area contributed by atoms with Gasteiger partial charge in [-0.15, -0.1) is 12.4 Å². The van der Waals surface area contributed by atoms with Crippen LogP contribution in [0.25, 0.3) is 11.3 Å². The molecule has 0 radical (unpaired) electrons. The standard InChI is InChI=1S/C17H19NO3.ClH/c19-17(20)7-4-9-18-10-8-14-11-15(21-16(14)12-18)13-5-2-1-3-6-13;/h1-3,5-6,11H,4,7-10,12H2,(H,19,20);1H. The number of furan rings is 1. The van der Waals surface area contributed by atoms with E-state index in [1.54, 1.807) is 0 Å². The summed E-state index contributed by atoms with van der Waals surface area (Å²) < 4.78 is 5.99. The van der Waals surface area contributed by atoms with Crippen LogP contribution in [0.5, 0.6) is 0 Å². The number of hydrogen-bond donors (Lipinski definition) is 1. The molecule has 5 heteroatoms. The lowest BCUT2D eigenvalue weighted by atomic mass is 10.1. The number of carboxylic acid groups (broad SMARTS) is 1. The predicted octanol–water partition coefficient (Wildman–Crippen LogP) is 3.59. The monoisotopic (exact) mass is 321 g/mol. The molecule has 0 bridgehead atoms. The molecule has 1 aliphatic heterocycles. The van der Waals surface area contributed by atoms with Crippen molar-refractivity contribution in [2.24, 2.45) is 0 Å². The van der Waals surface area contributed by atoms with Crippen LogP contribution in [-0.4, -0.2) is 29.1 Å². The van der Waals surface area contributed by atoms with Gasteiger partial charge >= 0.3 is 5.97 Å². The average molecular weight is 322 g/mol. The molecule has 1 aromatic carbocycles. The maximum Gasteiger partial charge on any atom is 0.303 e. The molecule has 22 heavy (non-hydrogen) atoms. The minimum atomic E-state index is -0.725. The number of benzene rings is 1. The largest absolute Gasteiger partial charge is 0.481 e. The predicted molar refractivity (Wildman–Crippen MR) is 87.2 cm³/mol. The van der Waals surface area contributed by atoms with E-state index in [4.69, 9.17) is 9.52 Å². The van der Waals surface area contributed by atoms with Gasteiger partial charge < -0.3 is 9.52 Å². The lowest BCUT2D eigenvalue weighted by Gasteiger charge is -2.25. The highest BCUT2D eigenvalue weighted by molar-refractivity contribution is 5.85. The summed E-state index contributed by atoms with van der Waals surface area (Å²) in [7, 11) is 0. The molecule has 1 aromatic heterocycles. The normalized spacial score (nSPS) is 14.2. The highest BCUT2D eigenvalue weighted by Gasteiger charge is 2.21. The lowest BCUT2D eigenvalue weighted by Crippen LogP contribution is -2.30. The van der Waals surface area contributed by atoms with Crippen molar-refractivity contribution in [2.45, 2.75) is 25.8 Å². The highest BCUT2D eigenvalue weighted by Crippen LogP contribution is 2.29. The zero-order valence-corrected chi connectivity index (χ0v) is 13.1. The fraction of sp³-hybridized carbons (Fsp3) is 0.353. The van der Waals surface area contributed by atoms with E-state index in [2.05, 4.69) is 23.1 Å². The van der Waals surface area contributed by atoms with Gasteiger partial charge in [-0.05, 0) is 31.0 Å². The second-order valence-corrected chi connectivity index (χ2v) is 5.45. The van der Waals surface area contributed by atoms with Gasteiger partial charge in [0.1, 0.15) is 11.5 Å². The van der Waals surface area contributed by atoms with Gasteiger partial charge in [-0.1, -0.05) is 30.3 Å². The molecule has 2 heterocycles. The molecule has 0 saturated carbocycles. The summed E-state index contributed by atoms with van der Waals surface area (Å²) in [5, 5.41) is 8.69. The van der Waals surface area contributed by atoms with Gasteiger partial charge in [0, 0.05) is 18.5 Å². The number of carbonyl (C=O) groups is 1. The molecular weight excluding hydrogens is 302 g/mol. The van der Waals surface area contributed by atoms with Crippen LogP contribution >= 0.6 is 12.4 Å². The Bertz CT molecular complexity index is 624. The van der Waals surface area contributed by atoms with Crippen LogP contribution < -0.4 is 0 Å². The van der Waals surface area contributed by atoms with E-state index < -0.39 is 5.97 Å². The number of halogens is 1. The Balaban J connectivity index is 0.00000176. The molecule has 118 valence electrons. The topological polar surface area (TPSA) is 53.7 Å². The highest BCUT2D eigenvalue weighted by atomic mass is 35.5. The second-order valence-electron chi connectivity index (χ2n) is 5.45. The number of nitrogens with zero attached hydrogens (tertiary/aromatic N) is 1. The van der Waals surface area contributed by atoms with E-state index in [1.165, 1.54) is 5.56 Å². The maximum absolute atomic E-state index is 10.6. The first-order chi connectivity index (χ1) is 10.2. The first-order valence-electron chi connectivity index (χ1n) is 7.33. The molecule has 4 nitrogen and oxygen atoms in total. The Kier molecular flexibility index (Phi) is 5.63. The minimum Gasteiger partial charge on any atom is -0.481 e. The molecule has 1 N–H and O–H groups in total. The van der Waals surface area contributed by atoms with Gasteiger partial charge in [0.15, 0.2) is 0 Å². The van der Waals surface area contributed by atoms with Crippen LogP contribution in [0.4, 0.5) is 0 Å². The summed E-state index contributed by atoms with van der Waals surface area (Å²) in [5.41, 5.74) is 2.38. The Labute approximate surface area is 136 Å². The second kappa shape index (κ2) is 7.47. The van der Waals surface area contributed by atoms with E-state index in [9.17, 15) is 4.79 Å². The van der Waals surface area contributed by atoms with E-state index in [0.717, 1.165) is 43.1 Å². The summed E-state index contributed by atoms with van der Waals surface area (Å²) in [6.07, 6.45) is 1.90. The molecule has 3 rings (SSSR count). The van der Waals surface area contributed by atoms with Crippen molar-refractivity contribution in [3.63, 3.8) is 0 Å². The Morgan fingerprint density at radius 2 is 2.05 bits per heavy atom. The van der Waals surface area contributed by atoms with E-state index in [-0.39, 0.29) is 18.8 Å². The molecule has 0 atom stereocenters. The molecule has 0 spiro atoms. The van der Waals surface area contributed by atoms with Crippen molar-refractivity contribution in [2.75, 3.05) is 13.1 Å². The van der Waals surface area contributed by atoms with E-state index in [1.807, 2.05) is 18.2 Å². The summed E-state index contributed by atoms with van der Waals surface area (Å²) in [5.74, 6) is 1.22. The van der Waals surface area contributed by atoms with Crippen LogP contribution in [-0.2, 0) is 17.8 Å². The zero-order chi connectivity index (χ0) is 14.7. The van der Waals surface area contributed by atoms with Crippen LogP contribution in [0.2, 0.25) is 0 Å². The van der Waals surface area contributed by atoms with Gasteiger partial charge in [-0.25, -0.2) is 0 Å². The van der Waals surface area contributed by atoms with Gasteiger partial charge in [-0.2, -0.15) is 0 Å². The van der Waals surface area contributed by atoms with Gasteiger partial charge in [0.05, 0.1) is 6.54 Å². The maximum atomic E-state index is 10.6. The first kappa shape index (κ1) is 16.6. The summed E-state index contributed by atoms with van der Waals surface area (Å²) in [6, 6.07) is 12.3. The summed E-state index contributed by atoms with van der Waals surface area (Å²) in [6.45, 7) is 2.56. The molecule has 0 amide bonds. The molecular formula is C17H20ClNO3. The van der Waals surface area contributed by atoms with Gasteiger partial charge in [0.2, 0.25) is 0 Å². The van der Waals surface area contributed by atoms with Crippen LogP contribution in [0.3, 0.4) is 0 Å². The van der Waals surface area contributed by atoms with E-state index in [0.29, 0.717) is 6.42 Å². The summed E-state index contributed by atoms with van der Waals surface area (Å²) in [4.78, 5) is 12.8. The third-order valence-corrected chi connectivity index (χ3v) is 3.88. The molecule has 1 aliphatic rings. The Hall–Kier alpha value is -1.78. The Morgan fingerprint density at radius 3 is 2.77 bits per heavy atom. The number of carboxylic acids is 1. The molecule has 0 saturated heterocycles. The van der Waals surface area contributed by atoms with Gasteiger partial charge in [-0.3, -0.25) is 9.69 Å². The number of rotatable bonds is 5. The van der Waals surface area contributed by atoms with Crippen molar-refractivity contribution in [1.82, 2.24) is 4.90 Å². The SMILES string of the molecule is Cl.O=C(O)CCCN1CCc2cc(-c3ccccc3)oc2C1. The van der Waals surface area contributed by atoms with Crippen LogP contribution in [0, 0.1) is 0 Å². The molecule has 0 unspecified atom stereocenters. The minimum absolute atomic E-state index is 0. The van der Waals surface area contributed by atoms with Crippen LogP contribution in [0.15, 0.2) is 40.8 Å². The number of hydrogen-bond acceptors (Lipinski definition) is 3. The van der Waals surface area contributed by atoms with E-state index >= 15 is 0 Å². The molecule has 0 fully saturated rings. The zero-order valence-electron chi connectivity index (χ0n) is 12.3. The third-order valence-electron chi connectivity index (χ3n) is 3.88. The Morgan fingerprint density at radius 1 is 1.27 bits per heavy atom.